The van der Waals surface area contributed by atoms with Gasteiger partial charge in [-0.1, -0.05) is 6.07 Å². The second-order valence-corrected chi connectivity index (χ2v) is 5.78. The number of aryl methyl sites for hydroxylation is 1. The van der Waals surface area contributed by atoms with Gasteiger partial charge in [0.05, 0.1) is 5.92 Å². The number of piperidine rings is 1. The predicted octanol–water partition coefficient (Wildman–Crippen LogP) is 0.925. The molecule has 5 heteroatoms. The summed E-state index contributed by atoms with van der Waals surface area (Å²) in [5, 5.41) is 5.78. The zero-order valence-corrected chi connectivity index (χ0v) is 12.3. The highest BCUT2D eigenvalue weighted by Gasteiger charge is 2.29. The molecule has 1 atom stereocenters. The number of carbonyl (C=O) groups is 2. The fraction of sp³-hybridized carbons (Fsp3) is 0.500. The molecule has 2 aliphatic heterocycles. The van der Waals surface area contributed by atoms with Crippen molar-refractivity contribution in [2.45, 2.75) is 25.7 Å². The molecule has 0 aromatic heterocycles. The van der Waals surface area contributed by atoms with Crippen molar-refractivity contribution in [1.29, 1.82) is 0 Å². The molecular formula is C16H21N3O2. The third-order valence-electron chi connectivity index (χ3n) is 4.35. The second kappa shape index (κ2) is 5.85. The number of nitrogens with zero attached hydrogens (tertiary/aromatic N) is 1. The van der Waals surface area contributed by atoms with E-state index in [9.17, 15) is 9.59 Å². The summed E-state index contributed by atoms with van der Waals surface area (Å²) in [6.45, 7) is 6.08. The third kappa shape index (κ3) is 2.93. The molecule has 2 fully saturated rings. The van der Waals surface area contributed by atoms with Crippen LogP contribution < -0.4 is 15.5 Å². The van der Waals surface area contributed by atoms with Crippen LogP contribution in [0.1, 0.15) is 29.9 Å². The number of amides is 2. The van der Waals surface area contributed by atoms with Crippen LogP contribution in [0, 0.1) is 6.92 Å². The quantitative estimate of drug-likeness (QED) is 0.794. The number of hydrogen-bond donors (Lipinski definition) is 2. The normalized spacial score (nSPS) is 23.1. The Labute approximate surface area is 124 Å². The van der Waals surface area contributed by atoms with E-state index in [1.54, 1.807) is 0 Å². The number of hydrogen-bond acceptors (Lipinski definition) is 4. The molecule has 1 aromatic rings. The van der Waals surface area contributed by atoms with Crippen LogP contribution >= 0.6 is 0 Å². The van der Waals surface area contributed by atoms with E-state index in [0.29, 0.717) is 12.8 Å². The van der Waals surface area contributed by atoms with Gasteiger partial charge in [0, 0.05) is 38.3 Å². The van der Waals surface area contributed by atoms with Gasteiger partial charge in [0.15, 0.2) is 0 Å². The average Bonchev–Trinajstić information content (AvgIpc) is 2.49. The molecule has 0 bridgehead atoms. The second-order valence-electron chi connectivity index (χ2n) is 5.78. The highest BCUT2D eigenvalue weighted by atomic mass is 16.2. The Morgan fingerprint density at radius 3 is 2.62 bits per heavy atom. The number of anilines is 1. The predicted molar refractivity (Wildman–Crippen MR) is 81.4 cm³/mol. The first-order valence-electron chi connectivity index (χ1n) is 7.55. The van der Waals surface area contributed by atoms with E-state index in [0.717, 1.165) is 37.3 Å². The number of benzene rings is 1. The number of imide groups is 1. The van der Waals surface area contributed by atoms with Crippen molar-refractivity contribution in [3.63, 3.8) is 0 Å². The summed E-state index contributed by atoms with van der Waals surface area (Å²) in [6, 6.07) is 6.30. The fourth-order valence-electron chi connectivity index (χ4n) is 3.16. The third-order valence-corrected chi connectivity index (χ3v) is 4.35. The van der Waals surface area contributed by atoms with Gasteiger partial charge in [0.1, 0.15) is 0 Å². The van der Waals surface area contributed by atoms with Crippen molar-refractivity contribution >= 4 is 17.5 Å². The summed E-state index contributed by atoms with van der Waals surface area (Å²) in [5.41, 5.74) is 3.38. The van der Waals surface area contributed by atoms with Crippen molar-refractivity contribution in [2.75, 3.05) is 31.1 Å². The molecule has 1 aromatic carbocycles. The first-order valence-corrected chi connectivity index (χ1v) is 7.55. The molecule has 0 spiro atoms. The lowest BCUT2D eigenvalue weighted by atomic mass is 9.87. The summed E-state index contributed by atoms with van der Waals surface area (Å²) >= 11 is 0. The number of carbonyl (C=O) groups excluding carboxylic acids is 2. The molecule has 2 saturated heterocycles. The van der Waals surface area contributed by atoms with E-state index in [4.69, 9.17) is 0 Å². The average molecular weight is 287 g/mol. The van der Waals surface area contributed by atoms with Crippen LogP contribution in [0.4, 0.5) is 5.69 Å². The van der Waals surface area contributed by atoms with Crippen molar-refractivity contribution in [3.8, 4) is 0 Å². The molecule has 2 aliphatic rings. The Kier molecular flexibility index (Phi) is 3.92. The van der Waals surface area contributed by atoms with E-state index < -0.39 is 0 Å². The molecule has 112 valence electrons. The highest BCUT2D eigenvalue weighted by Crippen LogP contribution is 2.30. The Hall–Kier alpha value is -1.88. The molecule has 0 radical (unpaired) electrons. The lowest BCUT2D eigenvalue weighted by Crippen LogP contribution is -2.43. The molecule has 2 heterocycles. The first-order chi connectivity index (χ1) is 10.1. The molecule has 5 nitrogen and oxygen atoms in total. The van der Waals surface area contributed by atoms with Crippen LogP contribution in [0.5, 0.6) is 0 Å². The summed E-state index contributed by atoms with van der Waals surface area (Å²) in [7, 11) is 0. The minimum atomic E-state index is -0.195. The summed E-state index contributed by atoms with van der Waals surface area (Å²) < 4.78 is 0. The SMILES string of the molecule is Cc1cc(N2CCNCC2)ccc1C1CCC(=O)NC1=O. The van der Waals surface area contributed by atoms with Gasteiger partial charge in [-0.25, -0.2) is 0 Å². The van der Waals surface area contributed by atoms with E-state index >= 15 is 0 Å². The van der Waals surface area contributed by atoms with Crippen LogP contribution in [0.2, 0.25) is 0 Å². The van der Waals surface area contributed by atoms with E-state index in [2.05, 4.69) is 27.7 Å². The Morgan fingerprint density at radius 2 is 1.95 bits per heavy atom. The topological polar surface area (TPSA) is 61.4 Å². The van der Waals surface area contributed by atoms with Crippen LogP contribution in [0.15, 0.2) is 18.2 Å². The van der Waals surface area contributed by atoms with Crippen molar-refractivity contribution < 1.29 is 9.59 Å². The van der Waals surface area contributed by atoms with Crippen molar-refractivity contribution in [3.05, 3.63) is 29.3 Å². The number of rotatable bonds is 2. The van der Waals surface area contributed by atoms with Gasteiger partial charge in [-0.15, -0.1) is 0 Å². The van der Waals surface area contributed by atoms with Gasteiger partial charge < -0.3 is 10.2 Å². The van der Waals surface area contributed by atoms with Crippen LogP contribution in [0.25, 0.3) is 0 Å². The minimum Gasteiger partial charge on any atom is -0.369 e. The molecule has 21 heavy (non-hydrogen) atoms. The fourth-order valence-corrected chi connectivity index (χ4v) is 3.16. The van der Waals surface area contributed by atoms with Crippen molar-refractivity contribution in [2.24, 2.45) is 0 Å². The molecule has 0 saturated carbocycles. The smallest absolute Gasteiger partial charge is 0.234 e. The van der Waals surface area contributed by atoms with Crippen molar-refractivity contribution in [1.82, 2.24) is 10.6 Å². The molecule has 1 unspecified atom stereocenters. The largest absolute Gasteiger partial charge is 0.369 e. The Balaban J connectivity index is 1.81. The molecule has 0 aliphatic carbocycles. The van der Waals surface area contributed by atoms with E-state index in [1.807, 2.05) is 13.0 Å². The number of nitrogens with one attached hydrogen (secondary N) is 2. The van der Waals surface area contributed by atoms with Gasteiger partial charge in [-0.05, 0) is 36.6 Å². The van der Waals surface area contributed by atoms with Gasteiger partial charge in [-0.2, -0.15) is 0 Å². The zero-order chi connectivity index (χ0) is 14.8. The van der Waals surface area contributed by atoms with E-state index in [-0.39, 0.29) is 17.7 Å². The van der Waals surface area contributed by atoms with Crippen LogP contribution in [0.3, 0.4) is 0 Å². The summed E-state index contributed by atoms with van der Waals surface area (Å²) in [4.78, 5) is 25.6. The standard InChI is InChI=1S/C16H21N3O2/c1-11-10-12(19-8-6-17-7-9-19)2-3-13(11)14-4-5-15(20)18-16(14)21/h2-3,10,14,17H,4-9H2,1H3,(H,18,20,21). The molecule has 2 amide bonds. The number of piperazine rings is 1. The summed E-state index contributed by atoms with van der Waals surface area (Å²) in [5.74, 6) is -0.518. The van der Waals surface area contributed by atoms with Gasteiger partial charge >= 0.3 is 0 Å². The minimum absolute atomic E-state index is 0.161. The maximum Gasteiger partial charge on any atom is 0.234 e. The monoisotopic (exact) mass is 287 g/mol. The zero-order valence-electron chi connectivity index (χ0n) is 12.3. The maximum absolute atomic E-state index is 12.0. The lowest BCUT2D eigenvalue weighted by Gasteiger charge is -2.30. The highest BCUT2D eigenvalue weighted by molar-refractivity contribution is 6.01. The Morgan fingerprint density at radius 1 is 1.19 bits per heavy atom. The van der Waals surface area contributed by atoms with E-state index in [1.165, 1.54) is 5.69 Å². The van der Waals surface area contributed by atoms with Gasteiger partial charge in [0.2, 0.25) is 11.8 Å². The Bertz CT molecular complexity index is 565. The maximum atomic E-state index is 12.0. The van der Waals surface area contributed by atoms with Crippen LogP contribution in [-0.4, -0.2) is 38.0 Å². The van der Waals surface area contributed by atoms with Gasteiger partial charge in [0.25, 0.3) is 0 Å². The molecular weight excluding hydrogens is 266 g/mol. The van der Waals surface area contributed by atoms with Crippen LogP contribution in [-0.2, 0) is 9.59 Å². The summed E-state index contributed by atoms with van der Waals surface area (Å²) in [6.07, 6.45) is 1.04. The van der Waals surface area contributed by atoms with Gasteiger partial charge in [-0.3, -0.25) is 14.9 Å². The lowest BCUT2D eigenvalue weighted by molar-refractivity contribution is -0.134. The molecule has 3 rings (SSSR count). The molecule has 2 N–H and O–H groups in total. The first kappa shape index (κ1) is 14.1.